The standard InChI is InChI=1S/C15H15N3O2S/c1-18-15(19)12-4-2-3-5-14(12)21(20)11-7-6-10(9-16)13(17)8-11/h2-9,16H,17H2,1H3,(H,18,19). The van der Waals surface area contributed by atoms with Crippen molar-refractivity contribution in [1.82, 2.24) is 5.32 Å². The Labute approximate surface area is 125 Å². The van der Waals surface area contributed by atoms with Gasteiger partial charge in [0.05, 0.1) is 21.3 Å². The Morgan fingerprint density at radius 3 is 2.62 bits per heavy atom. The number of anilines is 1. The molecule has 6 heteroatoms. The highest BCUT2D eigenvalue weighted by molar-refractivity contribution is 7.85. The van der Waals surface area contributed by atoms with Crippen LogP contribution in [0.25, 0.3) is 0 Å². The minimum atomic E-state index is -1.52. The molecule has 0 aliphatic carbocycles. The summed E-state index contributed by atoms with van der Waals surface area (Å²) in [7, 11) is 0.00968. The van der Waals surface area contributed by atoms with Gasteiger partial charge in [-0.15, -0.1) is 0 Å². The number of carbonyl (C=O) groups is 1. The average molecular weight is 301 g/mol. The summed E-state index contributed by atoms with van der Waals surface area (Å²) in [6.07, 6.45) is 1.14. The topological polar surface area (TPSA) is 96.0 Å². The van der Waals surface area contributed by atoms with E-state index in [1.54, 1.807) is 42.5 Å². The third-order valence-electron chi connectivity index (χ3n) is 2.99. The molecule has 2 aromatic carbocycles. The fourth-order valence-electron chi connectivity index (χ4n) is 1.88. The molecule has 5 nitrogen and oxygen atoms in total. The number of benzene rings is 2. The predicted octanol–water partition coefficient (Wildman–Crippen LogP) is 1.79. The van der Waals surface area contributed by atoms with Gasteiger partial charge >= 0.3 is 0 Å². The molecule has 0 heterocycles. The van der Waals surface area contributed by atoms with Crippen LogP contribution in [0.1, 0.15) is 15.9 Å². The summed E-state index contributed by atoms with van der Waals surface area (Å²) in [5.41, 5.74) is 7.12. The normalized spacial score (nSPS) is 11.7. The molecule has 0 spiro atoms. The molecule has 21 heavy (non-hydrogen) atoms. The van der Waals surface area contributed by atoms with E-state index in [0.717, 1.165) is 6.21 Å². The lowest BCUT2D eigenvalue weighted by atomic mass is 10.2. The van der Waals surface area contributed by atoms with Crippen LogP contribution < -0.4 is 11.1 Å². The zero-order chi connectivity index (χ0) is 15.4. The quantitative estimate of drug-likeness (QED) is 0.593. The second-order valence-corrected chi connectivity index (χ2v) is 5.73. The van der Waals surface area contributed by atoms with Gasteiger partial charge in [-0.05, 0) is 24.3 Å². The molecule has 0 fully saturated rings. The fourth-order valence-corrected chi connectivity index (χ4v) is 3.12. The highest BCUT2D eigenvalue weighted by Crippen LogP contribution is 2.23. The number of nitrogens with one attached hydrogen (secondary N) is 2. The van der Waals surface area contributed by atoms with Crippen molar-refractivity contribution in [3.05, 3.63) is 53.6 Å². The first-order chi connectivity index (χ1) is 10.1. The van der Waals surface area contributed by atoms with Crippen LogP contribution in [0.4, 0.5) is 5.69 Å². The SMILES string of the molecule is CNC(=O)c1ccccc1S(=O)c1ccc(C=N)c(N)c1. The van der Waals surface area contributed by atoms with Gasteiger partial charge in [0.2, 0.25) is 0 Å². The maximum absolute atomic E-state index is 12.7. The van der Waals surface area contributed by atoms with Crippen molar-refractivity contribution in [1.29, 1.82) is 5.41 Å². The van der Waals surface area contributed by atoms with E-state index in [2.05, 4.69) is 5.32 Å². The van der Waals surface area contributed by atoms with E-state index in [9.17, 15) is 9.00 Å². The largest absolute Gasteiger partial charge is 0.398 e. The molecule has 0 saturated heterocycles. The van der Waals surface area contributed by atoms with E-state index in [0.29, 0.717) is 26.6 Å². The average Bonchev–Trinajstić information content (AvgIpc) is 2.53. The second-order valence-electron chi connectivity index (χ2n) is 4.28. The number of carbonyl (C=O) groups excluding carboxylic acids is 1. The summed E-state index contributed by atoms with van der Waals surface area (Å²) in [4.78, 5) is 12.8. The molecule has 0 bridgehead atoms. The lowest BCUT2D eigenvalue weighted by Gasteiger charge is -2.09. The van der Waals surface area contributed by atoms with Crippen LogP contribution in [-0.4, -0.2) is 23.4 Å². The van der Waals surface area contributed by atoms with Gasteiger partial charge in [0.15, 0.2) is 0 Å². The summed E-state index contributed by atoms with van der Waals surface area (Å²) in [6.45, 7) is 0. The van der Waals surface area contributed by atoms with Gasteiger partial charge in [-0.3, -0.25) is 4.79 Å². The predicted molar refractivity (Wildman–Crippen MR) is 83.2 cm³/mol. The Morgan fingerprint density at radius 2 is 2.00 bits per heavy atom. The van der Waals surface area contributed by atoms with Gasteiger partial charge in [0.25, 0.3) is 5.91 Å². The molecule has 108 valence electrons. The van der Waals surface area contributed by atoms with Crippen molar-refractivity contribution in [3.63, 3.8) is 0 Å². The third kappa shape index (κ3) is 3.00. The number of nitrogens with two attached hydrogens (primary N) is 1. The second kappa shape index (κ2) is 6.32. The van der Waals surface area contributed by atoms with E-state index < -0.39 is 10.8 Å². The van der Waals surface area contributed by atoms with Crippen molar-refractivity contribution in [2.24, 2.45) is 0 Å². The molecule has 1 atom stereocenters. The van der Waals surface area contributed by atoms with Gasteiger partial charge < -0.3 is 16.5 Å². The molecular formula is C15H15N3O2S. The number of nitrogen functional groups attached to an aromatic ring is 1. The highest BCUT2D eigenvalue weighted by Gasteiger charge is 2.16. The van der Waals surface area contributed by atoms with Gasteiger partial charge in [-0.25, -0.2) is 4.21 Å². The Bertz CT molecular complexity index is 729. The molecule has 0 saturated carbocycles. The van der Waals surface area contributed by atoms with Crippen molar-refractivity contribution in [2.75, 3.05) is 12.8 Å². The molecule has 0 aliphatic heterocycles. The number of hydrogen-bond donors (Lipinski definition) is 3. The molecule has 1 unspecified atom stereocenters. The molecule has 1 amide bonds. The van der Waals surface area contributed by atoms with Gasteiger partial charge in [-0.2, -0.15) is 0 Å². The summed E-state index contributed by atoms with van der Waals surface area (Å²) < 4.78 is 12.7. The van der Waals surface area contributed by atoms with E-state index in [4.69, 9.17) is 11.1 Å². The lowest BCUT2D eigenvalue weighted by Crippen LogP contribution is -2.19. The first kappa shape index (κ1) is 14.9. The van der Waals surface area contributed by atoms with Crippen molar-refractivity contribution in [3.8, 4) is 0 Å². The summed E-state index contributed by atoms with van der Waals surface area (Å²) in [6, 6.07) is 11.6. The van der Waals surface area contributed by atoms with Gasteiger partial charge in [-0.1, -0.05) is 18.2 Å². The van der Waals surface area contributed by atoms with Crippen LogP contribution in [0.2, 0.25) is 0 Å². The highest BCUT2D eigenvalue weighted by atomic mass is 32.2. The van der Waals surface area contributed by atoms with Crippen molar-refractivity contribution in [2.45, 2.75) is 9.79 Å². The zero-order valence-corrected chi connectivity index (χ0v) is 12.2. The maximum atomic E-state index is 12.7. The number of rotatable bonds is 4. The maximum Gasteiger partial charge on any atom is 0.252 e. The summed E-state index contributed by atoms with van der Waals surface area (Å²) >= 11 is 0. The van der Waals surface area contributed by atoms with E-state index >= 15 is 0 Å². The first-order valence-electron chi connectivity index (χ1n) is 6.21. The van der Waals surface area contributed by atoms with Crippen LogP contribution in [0.15, 0.2) is 52.3 Å². The Balaban J connectivity index is 2.48. The van der Waals surface area contributed by atoms with E-state index in [1.807, 2.05) is 0 Å². The smallest absolute Gasteiger partial charge is 0.252 e. The van der Waals surface area contributed by atoms with Gasteiger partial charge in [0.1, 0.15) is 0 Å². The van der Waals surface area contributed by atoms with E-state index in [1.165, 1.54) is 7.05 Å². The van der Waals surface area contributed by atoms with Crippen LogP contribution in [0, 0.1) is 5.41 Å². The Hall–Kier alpha value is -2.47. The molecule has 2 rings (SSSR count). The molecule has 2 aromatic rings. The Kier molecular flexibility index (Phi) is 4.49. The molecule has 0 aromatic heterocycles. The van der Waals surface area contributed by atoms with Crippen LogP contribution >= 0.6 is 0 Å². The van der Waals surface area contributed by atoms with E-state index in [-0.39, 0.29) is 5.91 Å². The zero-order valence-electron chi connectivity index (χ0n) is 11.4. The van der Waals surface area contributed by atoms with Crippen molar-refractivity contribution >= 4 is 28.6 Å². The number of amides is 1. The minimum Gasteiger partial charge on any atom is -0.398 e. The minimum absolute atomic E-state index is 0.289. The lowest BCUT2D eigenvalue weighted by molar-refractivity contribution is 0.0960. The number of hydrogen-bond acceptors (Lipinski definition) is 4. The molecule has 4 N–H and O–H groups in total. The Morgan fingerprint density at radius 1 is 1.29 bits per heavy atom. The molecular weight excluding hydrogens is 286 g/mol. The van der Waals surface area contributed by atoms with Crippen LogP contribution in [0.5, 0.6) is 0 Å². The summed E-state index contributed by atoms with van der Waals surface area (Å²) in [5, 5.41) is 9.74. The molecule has 0 aliphatic rings. The van der Waals surface area contributed by atoms with Crippen LogP contribution in [0.3, 0.4) is 0 Å². The first-order valence-corrected chi connectivity index (χ1v) is 7.36. The monoisotopic (exact) mass is 301 g/mol. The summed E-state index contributed by atoms with van der Waals surface area (Å²) in [5.74, 6) is -0.289. The van der Waals surface area contributed by atoms with Crippen LogP contribution in [-0.2, 0) is 10.8 Å². The van der Waals surface area contributed by atoms with Crippen molar-refractivity contribution < 1.29 is 9.00 Å². The van der Waals surface area contributed by atoms with Gasteiger partial charge in [0, 0.05) is 29.4 Å². The fraction of sp³-hybridized carbons (Fsp3) is 0.0667. The molecule has 0 radical (unpaired) electrons. The third-order valence-corrected chi connectivity index (χ3v) is 4.42.